The van der Waals surface area contributed by atoms with Crippen molar-refractivity contribution in [2.75, 3.05) is 33.4 Å². The third-order valence-electron chi connectivity index (χ3n) is 2.14. The zero-order valence-corrected chi connectivity index (χ0v) is 8.99. The van der Waals surface area contributed by atoms with Crippen molar-refractivity contribution in [3.63, 3.8) is 0 Å². The Labute approximate surface area is 89.3 Å². The van der Waals surface area contributed by atoms with Crippen molar-refractivity contribution >= 4 is 5.91 Å². The quantitative estimate of drug-likeness (QED) is 0.299. The fourth-order valence-corrected chi connectivity index (χ4v) is 1.05. The molecule has 0 aromatic rings. The monoisotopic (exact) mass is 220 g/mol. The van der Waals surface area contributed by atoms with Gasteiger partial charge in [0.15, 0.2) is 0 Å². The maximum Gasteiger partial charge on any atom is 0.220 e. The first-order valence-electron chi connectivity index (χ1n) is 4.92. The van der Waals surface area contributed by atoms with E-state index in [1.807, 2.05) is 0 Å². The smallest absolute Gasteiger partial charge is 0.220 e. The van der Waals surface area contributed by atoms with Gasteiger partial charge in [-0.3, -0.25) is 4.79 Å². The van der Waals surface area contributed by atoms with Gasteiger partial charge in [-0.1, -0.05) is 0 Å². The van der Waals surface area contributed by atoms with Gasteiger partial charge in [-0.2, -0.15) is 0 Å². The van der Waals surface area contributed by atoms with Crippen molar-refractivity contribution in [2.45, 2.75) is 18.4 Å². The van der Waals surface area contributed by atoms with Crippen LogP contribution in [0.15, 0.2) is 0 Å². The largest absolute Gasteiger partial charge is 0.394 e. The van der Waals surface area contributed by atoms with E-state index >= 15 is 0 Å². The number of rotatable bonds is 8. The van der Waals surface area contributed by atoms with E-state index in [9.17, 15) is 4.79 Å². The predicted molar refractivity (Wildman–Crippen MR) is 55.3 cm³/mol. The SMILES string of the molecule is CNCCCC(=O)NC(CO)(CO)CO. The summed E-state index contributed by atoms with van der Waals surface area (Å²) in [4.78, 5) is 11.3. The molecule has 90 valence electrons. The number of amides is 1. The number of aliphatic hydroxyl groups excluding tert-OH is 3. The molecular weight excluding hydrogens is 200 g/mol. The zero-order chi connectivity index (χ0) is 11.7. The molecule has 5 N–H and O–H groups in total. The molecule has 0 bridgehead atoms. The molecule has 0 aliphatic carbocycles. The van der Waals surface area contributed by atoms with E-state index in [0.29, 0.717) is 12.8 Å². The van der Waals surface area contributed by atoms with Crippen LogP contribution in [0.25, 0.3) is 0 Å². The fraction of sp³-hybridized carbons (Fsp3) is 0.889. The molecule has 15 heavy (non-hydrogen) atoms. The highest BCUT2D eigenvalue weighted by Crippen LogP contribution is 2.02. The van der Waals surface area contributed by atoms with Crippen LogP contribution in [-0.2, 0) is 4.79 Å². The van der Waals surface area contributed by atoms with Gasteiger partial charge in [-0.05, 0) is 20.0 Å². The van der Waals surface area contributed by atoms with Gasteiger partial charge in [-0.15, -0.1) is 0 Å². The number of carbonyl (C=O) groups excluding carboxylic acids is 1. The number of hydrogen-bond acceptors (Lipinski definition) is 5. The second-order valence-corrected chi connectivity index (χ2v) is 3.51. The Hall–Kier alpha value is -0.690. The minimum Gasteiger partial charge on any atom is -0.394 e. The molecule has 0 fully saturated rings. The number of hydrogen-bond donors (Lipinski definition) is 5. The van der Waals surface area contributed by atoms with E-state index in [-0.39, 0.29) is 5.91 Å². The third kappa shape index (κ3) is 5.08. The summed E-state index contributed by atoms with van der Waals surface area (Å²) in [6.07, 6.45) is 0.962. The van der Waals surface area contributed by atoms with Gasteiger partial charge in [-0.25, -0.2) is 0 Å². The average molecular weight is 220 g/mol. The second kappa shape index (κ2) is 7.58. The fourth-order valence-electron chi connectivity index (χ4n) is 1.05. The Kier molecular flexibility index (Phi) is 7.23. The lowest BCUT2D eigenvalue weighted by Crippen LogP contribution is -2.57. The summed E-state index contributed by atoms with van der Waals surface area (Å²) in [6.45, 7) is -0.745. The summed E-state index contributed by atoms with van der Waals surface area (Å²) in [6, 6.07) is 0. The maximum absolute atomic E-state index is 11.3. The first kappa shape index (κ1) is 14.3. The highest BCUT2D eigenvalue weighted by atomic mass is 16.3. The van der Waals surface area contributed by atoms with Gasteiger partial charge in [0.1, 0.15) is 5.54 Å². The van der Waals surface area contributed by atoms with Crippen LogP contribution in [0.1, 0.15) is 12.8 Å². The van der Waals surface area contributed by atoms with Crippen molar-refractivity contribution in [2.24, 2.45) is 0 Å². The molecule has 0 aliphatic rings. The molecular formula is C9H20N2O4. The van der Waals surface area contributed by atoms with Crippen LogP contribution >= 0.6 is 0 Å². The Morgan fingerprint density at radius 1 is 1.20 bits per heavy atom. The molecule has 0 atom stereocenters. The van der Waals surface area contributed by atoms with E-state index in [1.165, 1.54) is 0 Å². The highest BCUT2D eigenvalue weighted by Gasteiger charge is 2.29. The molecule has 0 heterocycles. The predicted octanol–water partition coefficient (Wildman–Crippen LogP) is -2.18. The topological polar surface area (TPSA) is 102 Å². The van der Waals surface area contributed by atoms with E-state index in [2.05, 4.69) is 10.6 Å². The molecule has 0 saturated carbocycles. The molecule has 6 nitrogen and oxygen atoms in total. The van der Waals surface area contributed by atoms with Gasteiger partial charge in [0.25, 0.3) is 0 Å². The number of carbonyl (C=O) groups is 1. The van der Waals surface area contributed by atoms with Crippen LogP contribution in [0.5, 0.6) is 0 Å². The number of nitrogens with one attached hydrogen (secondary N) is 2. The van der Waals surface area contributed by atoms with Crippen LogP contribution in [0, 0.1) is 0 Å². The van der Waals surface area contributed by atoms with Crippen molar-refractivity contribution < 1.29 is 20.1 Å². The van der Waals surface area contributed by atoms with Crippen molar-refractivity contribution in [3.05, 3.63) is 0 Å². The summed E-state index contributed by atoms with van der Waals surface area (Å²) in [5, 5.41) is 32.2. The van der Waals surface area contributed by atoms with Crippen LogP contribution in [0.2, 0.25) is 0 Å². The molecule has 0 spiro atoms. The lowest BCUT2D eigenvalue weighted by atomic mass is 10.0. The van der Waals surface area contributed by atoms with Gasteiger partial charge in [0, 0.05) is 6.42 Å². The average Bonchev–Trinajstić information content (AvgIpc) is 2.26. The second-order valence-electron chi connectivity index (χ2n) is 3.51. The minimum absolute atomic E-state index is 0.289. The van der Waals surface area contributed by atoms with Gasteiger partial charge >= 0.3 is 0 Å². The van der Waals surface area contributed by atoms with Gasteiger partial charge in [0.05, 0.1) is 19.8 Å². The zero-order valence-electron chi connectivity index (χ0n) is 8.99. The summed E-state index contributed by atoms with van der Waals surface area (Å²) in [5.74, 6) is -0.289. The van der Waals surface area contributed by atoms with Crippen molar-refractivity contribution in [1.82, 2.24) is 10.6 Å². The standard InChI is InChI=1S/C9H20N2O4/c1-10-4-2-3-8(15)11-9(5-12,6-13)7-14/h10,12-14H,2-7H2,1H3,(H,11,15). The Bertz CT molecular complexity index is 175. The van der Waals surface area contributed by atoms with E-state index in [4.69, 9.17) is 15.3 Å². The summed E-state index contributed by atoms with van der Waals surface area (Å²) in [7, 11) is 1.79. The van der Waals surface area contributed by atoms with Crippen LogP contribution in [-0.4, -0.2) is 60.2 Å². The van der Waals surface area contributed by atoms with Crippen LogP contribution < -0.4 is 10.6 Å². The van der Waals surface area contributed by atoms with Crippen LogP contribution in [0.3, 0.4) is 0 Å². The Balaban J connectivity index is 4.00. The molecule has 1 amide bonds. The first-order chi connectivity index (χ1) is 7.14. The van der Waals surface area contributed by atoms with Crippen molar-refractivity contribution in [1.29, 1.82) is 0 Å². The van der Waals surface area contributed by atoms with E-state index in [0.717, 1.165) is 6.54 Å². The maximum atomic E-state index is 11.3. The Morgan fingerprint density at radius 3 is 2.13 bits per heavy atom. The lowest BCUT2D eigenvalue weighted by Gasteiger charge is -2.28. The molecule has 0 aromatic carbocycles. The lowest BCUT2D eigenvalue weighted by molar-refractivity contribution is -0.125. The minimum atomic E-state index is -1.31. The number of aliphatic hydroxyl groups is 3. The molecule has 0 saturated heterocycles. The Morgan fingerprint density at radius 2 is 1.73 bits per heavy atom. The highest BCUT2D eigenvalue weighted by molar-refractivity contribution is 5.76. The van der Waals surface area contributed by atoms with Gasteiger partial charge < -0.3 is 26.0 Å². The van der Waals surface area contributed by atoms with Crippen LogP contribution in [0.4, 0.5) is 0 Å². The van der Waals surface area contributed by atoms with E-state index < -0.39 is 25.4 Å². The molecule has 6 heteroatoms. The third-order valence-corrected chi connectivity index (χ3v) is 2.14. The molecule has 0 aliphatic heterocycles. The summed E-state index contributed by atoms with van der Waals surface area (Å²) < 4.78 is 0. The van der Waals surface area contributed by atoms with E-state index in [1.54, 1.807) is 7.05 Å². The molecule has 0 unspecified atom stereocenters. The van der Waals surface area contributed by atoms with Gasteiger partial charge in [0.2, 0.25) is 5.91 Å². The molecule has 0 radical (unpaired) electrons. The van der Waals surface area contributed by atoms with Crippen molar-refractivity contribution in [3.8, 4) is 0 Å². The summed E-state index contributed by atoms with van der Waals surface area (Å²) in [5.41, 5.74) is -1.31. The molecule has 0 rings (SSSR count). The molecule has 0 aromatic heterocycles. The normalized spacial score (nSPS) is 11.5. The summed E-state index contributed by atoms with van der Waals surface area (Å²) >= 11 is 0. The first-order valence-corrected chi connectivity index (χ1v) is 4.92.